The van der Waals surface area contributed by atoms with Gasteiger partial charge < -0.3 is 19.7 Å². The topological polar surface area (TPSA) is 67.9 Å². The van der Waals surface area contributed by atoms with Crippen LogP contribution in [0.5, 0.6) is 11.5 Å². The zero-order valence-electron chi connectivity index (χ0n) is 17.5. The number of fused-ring (bicyclic) bond motifs is 1. The van der Waals surface area contributed by atoms with Crippen molar-refractivity contribution in [1.82, 2.24) is 4.90 Å². The molecule has 1 heterocycles. The molecular formula is C23H25ClN2O4. The minimum atomic E-state index is -0.324. The van der Waals surface area contributed by atoms with Crippen LogP contribution in [-0.2, 0) is 11.2 Å². The number of nitrogens with one attached hydrogen (secondary N) is 1. The van der Waals surface area contributed by atoms with Crippen LogP contribution in [0.1, 0.15) is 35.3 Å². The van der Waals surface area contributed by atoms with Crippen LogP contribution in [0.3, 0.4) is 0 Å². The number of carbonyl (C=O) groups excluding carboxylic acids is 2. The number of anilines is 1. The molecule has 0 aliphatic carbocycles. The molecule has 3 rings (SSSR count). The first kappa shape index (κ1) is 21.7. The highest BCUT2D eigenvalue weighted by atomic mass is 35.5. The van der Waals surface area contributed by atoms with Gasteiger partial charge in [-0.05, 0) is 50.3 Å². The molecule has 1 unspecified atom stereocenters. The van der Waals surface area contributed by atoms with E-state index in [9.17, 15) is 9.59 Å². The monoisotopic (exact) mass is 428 g/mol. The average Bonchev–Trinajstić information content (AvgIpc) is 3.04. The van der Waals surface area contributed by atoms with Gasteiger partial charge in [0.15, 0.2) is 0 Å². The maximum absolute atomic E-state index is 12.4. The molecule has 30 heavy (non-hydrogen) atoms. The van der Waals surface area contributed by atoms with Gasteiger partial charge in [0, 0.05) is 43.4 Å². The Hall–Kier alpha value is -2.99. The molecule has 0 saturated heterocycles. The predicted octanol–water partition coefficient (Wildman–Crippen LogP) is 4.42. The van der Waals surface area contributed by atoms with E-state index in [0.717, 1.165) is 23.3 Å². The quantitative estimate of drug-likeness (QED) is 0.692. The first-order chi connectivity index (χ1) is 14.3. The van der Waals surface area contributed by atoms with Gasteiger partial charge in [-0.2, -0.15) is 0 Å². The Bertz CT molecular complexity index is 1000. The summed E-state index contributed by atoms with van der Waals surface area (Å²) in [5.41, 5.74) is 2.75. The van der Waals surface area contributed by atoms with Crippen LogP contribution in [0.2, 0.25) is 5.02 Å². The highest BCUT2D eigenvalue weighted by Crippen LogP contribution is 2.35. The normalized spacial score (nSPS) is 14.9. The molecule has 1 N–H and O–H groups in total. The number of carbonyl (C=O) groups is 2. The Labute approximate surface area is 181 Å². The standard InChI is InChI=1S/C23H25ClN2O4/c1-5-29-20-12-16-10-14(2)30-21(16)11-15(20)6-9-22(27)25-17-7-8-18(19(24)13-17)23(28)26(3)4/h6-9,11-14H,5,10H2,1-4H3,(H,25,27)/b9-6+. The number of hydrogen-bond acceptors (Lipinski definition) is 4. The number of hydrogen-bond donors (Lipinski definition) is 1. The molecule has 0 spiro atoms. The van der Waals surface area contributed by atoms with Crippen molar-refractivity contribution in [1.29, 1.82) is 0 Å². The van der Waals surface area contributed by atoms with Gasteiger partial charge >= 0.3 is 0 Å². The summed E-state index contributed by atoms with van der Waals surface area (Å²) in [6.45, 7) is 4.46. The van der Waals surface area contributed by atoms with Gasteiger partial charge in [-0.1, -0.05) is 11.6 Å². The van der Waals surface area contributed by atoms with Crippen molar-refractivity contribution >= 4 is 35.2 Å². The molecule has 7 heteroatoms. The molecule has 1 aliphatic heterocycles. The lowest BCUT2D eigenvalue weighted by atomic mass is 10.1. The number of halogens is 1. The molecule has 0 radical (unpaired) electrons. The van der Waals surface area contributed by atoms with Crippen LogP contribution in [0.25, 0.3) is 6.08 Å². The lowest BCUT2D eigenvalue weighted by molar-refractivity contribution is -0.111. The molecule has 158 valence electrons. The average molecular weight is 429 g/mol. The Kier molecular flexibility index (Phi) is 6.67. The lowest BCUT2D eigenvalue weighted by Gasteiger charge is -2.12. The predicted molar refractivity (Wildman–Crippen MR) is 119 cm³/mol. The number of nitrogens with zero attached hydrogens (tertiary/aromatic N) is 1. The summed E-state index contributed by atoms with van der Waals surface area (Å²) >= 11 is 6.20. The minimum Gasteiger partial charge on any atom is -0.493 e. The molecule has 0 saturated carbocycles. The number of amides is 2. The first-order valence-electron chi connectivity index (χ1n) is 9.75. The Morgan fingerprint density at radius 2 is 2.07 bits per heavy atom. The zero-order chi connectivity index (χ0) is 21.8. The summed E-state index contributed by atoms with van der Waals surface area (Å²) in [7, 11) is 3.31. The smallest absolute Gasteiger partial charge is 0.254 e. The van der Waals surface area contributed by atoms with E-state index in [2.05, 4.69) is 5.32 Å². The Morgan fingerprint density at radius 1 is 1.30 bits per heavy atom. The number of benzene rings is 2. The van der Waals surface area contributed by atoms with E-state index >= 15 is 0 Å². The summed E-state index contributed by atoms with van der Waals surface area (Å²) in [4.78, 5) is 25.9. The van der Waals surface area contributed by atoms with Gasteiger partial charge in [-0.25, -0.2) is 0 Å². The maximum atomic E-state index is 12.4. The van der Waals surface area contributed by atoms with E-state index in [4.69, 9.17) is 21.1 Å². The number of ether oxygens (including phenoxy) is 2. The maximum Gasteiger partial charge on any atom is 0.254 e. The Morgan fingerprint density at radius 3 is 2.73 bits per heavy atom. The van der Waals surface area contributed by atoms with Crippen LogP contribution < -0.4 is 14.8 Å². The van der Waals surface area contributed by atoms with Gasteiger partial charge in [0.1, 0.15) is 17.6 Å². The zero-order valence-corrected chi connectivity index (χ0v) is 18.2. The van der Waals surface area contributed by atoms with Crippen molar-refractivity contribution in [3.05, 3.63) is 58.1 Å². The second-order valence-electron chi connectivity index (χ2n) is 7.28. The third-order valence-corrected chi connectivity index (χ3v) is 4.93. The second kappa shape index (κ2) is 9.22. The highest BCUT2D eigenvalue weighted by Gasteiger charge is 2.21. The van der Waals surface area contributed by atoms with Crippen molar-refractivity contribution < 1.29 is 19.1 Å². The molecular weight excluding hydrogens is 404 g/mol. The molecule has 2 amide bonds. The van der Waals surface area contributed by atoms with Gasteiger partial charge in [0.25, 0.3) is 5.91 Å². The van der Waals surface area contributed by atoms with Crippen molar-refractivity contribution in [2.24, 2.45) is 0 Å². The molecule has 1 atom stereocenters. The second-order valence-corrected chi connectivity index (χ2v) is 7.69. The summed E-state index contributed by atoms with van der Waals surface area (Å²) in [6, 6.07) is 8.66. The SMILES string of the molecule is CCOc1cc2c(cc1/C=C/C(=O)Nc1ccc(C(=O)N(C)C)c(Cl)c1)OC(C)C2. The van der Waals surface area contributed by atoms with Crippen LogP contribution in [0, 0.1) is 0 Å². The molecule has 0 bridgehead atoms. The van der Waals surface area contributed by atoms with Crippen molar-refractivity contribution in [3.8, 4) is 11.5 Å². The summed E-state index contributed by atoms with van der Waals surface area (Å²) in [6.07, 6.45) is 4.09. The van der Waals surface area contributed by atoms with Crippen molar-refractivity contribution in [2.75, 3.05) is 26.0 Å². The fourth-order valence-corrected chi connectivity index (χ4v) is 3.48. The lowest BCUT2D eigenvalue weighted by Crippen LogP contribution is -2.22. The van der Waals surface area contributed by atoms with E-state index in [0.29, 0.717) is 23.6 Å². The van der Waals surface area contributed by atoms with E-state index in [-0.39, 0.29) is 22.9 Å². The van der Waals surface area contributed by atoms with Gasteiger partial charge in [-0.3, -0.25) is 9.59 Å². The van der Waals surface area contributed by atoms with Crippen LogP contribution >= 0.6 is 11.6 Å². The number of rotatable bonds is 6. The largest absolute Gasteiger partial charge is 0.493 e. The summed E-state index contributed by atoms with van der Waals surface area (Å²) in [5, 5.41) is 3.03. The molecule has 6 nitrogen and oxygen atoms in total. The van der Waals surface area contributed by atoms with Crippen molar-refractivity contribution in [3.63, 3.8) is 0 Å². The fraction of sp³-hybridized carbons (Fsp3) is 0.304. The van der Waals surface area contributed by atoms with E-state index in [1.165, 1.54) is 11.0 Å². The van der Waals surface area contributed by atoms with E-state index in [1.807, 2.05) is 26.0 Å². The molecule has 0 aromatic heterocycles. The summed E-state index contributed by atoms with van der Waals surface area (Å²) in [5.74, 6) is 1.01. The Balaban J connectivity index is 1.74. The van der Waals surface area contributed by atoms with Gasteiger partial charge in [0.05, 0.1) is 17.2 Å². The molecule has 0 fully saturated rings. The van der Waals surface area contributed by atoms with Crippen molar-refractivity contribution in [2.45, 2.75) is 26.4 Å². The van der Waals surface area contributed by atoms with Crippen LogP contribution in [-0.4, -0.2) is 43.5 Å². The van der Waals surface area contributed by atoms with Gasteiger partial charge in [0.2, 0.25) is 5.91 Å². The highest BCUT2D eigenvalue weighted by molar-refractivity contribution is 6.34. The molecule has 1 aliphatic rings. The third-order valence-electron chi connectivity index (χ3n) is 4.62. The molecule has 2 aromatic rings. The molecule has 2 aromatic carbocycles. The fourth-order valence-electron chi connectivity index (χ4n) is 3.22. The van der Waals surface area contributed by atoms with Gasteiger partial charge in [-0.15, -0.1) is 0 Å². The van der Waals surface area contributed by atoms with E-state index < -0.39 is 0 Å². The van der Waals surface area contributed by atoms with Crippen LogP contribution in [0.4, 0.5) is 5.69 Å². The van der Waals surface area contributed by atoms with E-state index in [1.54, 1.807) is 38.4 Å². The minimum absolute atomic E-state index is 0.129. The van der Waals surface area contributed by atoms with Crippen LogP contribution in [0.15, 0.2) is 36.4 Å². The summed E-state index contributed by atoms with van der Waals surface area (Å²) < 4.78 is 11.5. The first-order valence-corrected chi connectivity index (χ1v) is 10.1. The third kappa shape index (κ3) is 4.94.